The Hall–Kier alpha value is -1.82. The highest BCUT2D eigenvalue weighted by Gasteiger charge is 2.13. The van der Waals surface area contributed by atoms with E-state index in [-0.39, 0.29) is 16.5 Å². The van der Waals surface area contributed by atoms with Crippen LogP contribution in [-0.2, 0) is 0 Å². The maximum Gasteiger partial charge on any atom is 0.257 e. The summed E-state index contributed by atoms with van der Waals surface area (Å²) in [5.74, 6) is -0.381. The van der Waals surface area contributed by atoms with E-state index in [1.54, 1.807) is 30.3 Å². The van der Waals surface area contributed by atoms with Crippen LogP contribution in [0.2, 0.25) is 10.0 Å². The second-order valence-electron chi connectivity index (χ2n) is 4.80. The van der Waals surface area contributed by atoms with Crippen molar-refractivity contribution in [1.82, 2.24) is 4.98 Å². The Kier molecular flexibility index (Phi) is 4.43. The van der Waals surface area contributed by atoms with Crippen molar-refractivity contribution in [2.75, 3.05) is 5.32 Å². The van der Waals surface area contributed by atoms with Crippen molar-refractivity contribution in [3.05, 3.63) is 73.0 Å². The van der Waals surface area contributed by atoms with E-state index in [0.717, 1.165) is 4.47 Å². The number of nitrogens with one attached hydrogen (secondary N) is 2. The third-order valence-electron chi connectivity index (χ3n) is 3.29. The number of carbonyl (C=O) groups is 1. The van der Waals surface area contributed by atoms with Crippen LogP contribution < -0.4 is 10.9 Å². The third kappa shape index (κ3) is 3.27. The molecule has 0 unspecified atom stereocenters. The first-order valence-electron chi connectivity index (χ1n) is 6.53. The lowest BCUT2D eigenvalue weighted by Gasteiger charge is -2.10. The smallest absolute Gasteiger partial charge is 0.257 e. The van der Waals surface area contributed by atoms with Crippen LogP contribution >= 0.6 is 39.1 Å². The first-order valence-corrected chi connectivity index (χ1v) is 8.08. The number of hydrogen-bond donors (Lipinski definition) is 2. The van der Waals surface area contributed by atoms with Crippen LogP contribution in [0.25, 0.3) is 10.8 Å². The molecule has 7 heteroatoms. The highest BCUT2D eigenvalue weighted by Crippen LogP contribution is 2.28. The molecule has 0 fully saturated rings. The van der Waals surface area contributed by atoms with Crippen molar-refractivity contribution in [2.45, 2.75) is 0 Å². The summed E-state index contributed by atoms with van der Waals surface area (Å²) in [6.07, 6.45) is 1.54. The lowest BCUT2D eigenvalue weighted by molar-refractivity contribution is 0.102. The Bertz CT molecular complexity index is 985. The van der Waals surface area contributed by atoms with Gasteiger partial charge in [0.15, 0.2) is 0 Å². The quantitative estimate of drug-likeness (QED) is 0.633. The number of amides is 1. The first-order chi connectivity index (χ1) is 11.0. The standard InChI is InChI=1S/C16H9BrCl2N2O2/c17-9-1-2-10(12(18)6-9)16(23)21-14-5-8-3-4-20-15(22)11(8)7-13(14)19/h1-7H,(H,20,22)(H,21,23). The van der Waals surface area contributed by atoms with E-state index >= 15 is 0 Å². The molecule has 1 amide bonds. The fourth-order valence-corrected chi connectivity index (χ4v) is 3.14. The van der Waals surface area contributed by atoms with Gasteiger partial charge in [-0.15, -0.1) is 0 Å². The highest BCUT2D eigenvalue weighted by atomic mass is 79.9. The molecule has 0 aliphatic rings. The lowest BCUT2D eigenvalue weighted by atomic mass is 10.1. The zero-order valence-electron chi connectivity index (χ0n) is 11.5. The van der Waals surface area contributed by atoms with Crippen molar-refractivity contribution < 1.29 is 4.79 Å². The second kappa shape index (κ2) is 6.35. The number of hydrogen-bond acceptors (Lipinski definition) is 2. The summed E-state index contributed by atoms with van der Waals surface area (Å²) >= 11 is 15.5. The molecule has 2 aromatic carbocycles. The monoisotopic (exact) mass is 410 g/mol. The average Bonchev–Trinajstić information content (AvgIpc) is 2.49. The van der Waals surface area contributed by atoms with Crippen molar-refractivity contribution in [2.24, 2.45) is 0 Å². The number of aromatic nitrogens is 1. The molecular formula is C16H9BrCl2N2O2. The second-order valence-corrected chi connectivity index (χ2v) is 6.53. The molecule has 0 atom stereocenters. The van der Waals surface area contributed by atoms with Gasteiger partial charge < -0.3 is 10.3 Å². The molecule has 0 saturated heterocycles. The summed E-state index contributed by atoms with van der Waals surface area (Å²) in [4.78, 5) is 26.7. The van der Waals surface area contributed by atoms with Crippen molar-refractivity contribution in [3.63, 3.8) is 0 Å². The van der Waals surface area contributed by atoms with Gasteiger partial charge in [-0.3, -0.25) is 9.59 Å². The minimum atomic E-state index is -0.381. The van der Waals surface area contributed by atoms with Crippen LogP contribution in [0.5, 0.6) is 0 Å². The van der Waals surface area contributed by atoms with E-state index < -0.39 is 0 Å². The van der Waals surface area contributed by atoms with Crippen molar-refractivity contribution >= 4 is 61.5 Å². The predicted octanol–water partition coefficient (Wildman–Crippen LogP) is 4.85. The summed E-state index contributed by atoms with van der Waals surface area (Å²) in [6.45, 7) is 0. The van der Waals surface area contributed by atoms with Crippen molar-refractivity contribution in [1.29, 1.82) is 0 Å². The molecule has 1 heterocycles. The lowest BCUT2D eigenvalue weighted by Crippen LogP contribution is -2.13. The van der Waals surface area contributed by atoms with Gasteiger partial charge in [-0.05, 0) is 41.8 Å². The Balaban J connectivity index is 1.99. The summed E-state index contributed by atoms with van der Waals surface area (Å²) in [5.41, 5.74) is 0.504. The molecule has 116 valence electrons. The number of fused-ring (bicyclic) bond motifs is 1. The number of benzene rings is 2. The van der Waals surface area contributed by atoms with Crippen LogP contribution in [-0.4, -0.2) is 10.9 Å². The van der Waals surface area contributed by atoms with Gasteiger partial charge in [-0.1, -0.05) is 39.1 Å². The van der Waals surface area contributed by atoms with Gasteiger partial charge in [0.2, 0.25) is 0 Å². The Morgan fingerprint density at radius 1 is 1.09 bits per heavy atom. The van der Waals surface area contributed by atoms with E-state index in [0.29, 0.717) is 27.0 Å². The average molecular weight is 412 g/mol. The van der Waals surface area contributed by atoms with E-state index in [2.05, 4.69) is 26.2 Å². The molecule has 0 saturated carbocycles. The molecule has 2 N–H and O–H groups in total. The molecule has 0 aliphatic carbocycles. The van der Waals surface area contributed by atoms with Crippen LogP contribution in [0.3, 0.4) is 0 Å². The zero-order valence-corrected chi connectivity index (χ0v) is 14.6. The molecule has 3 aromatic rings. The summed E-state index contributed by atoms with van der Waals surface area (Å²) in [6, 6.07) is 9.88. The van der Waals surface area contributed by atoms with Gasteiger partial charge in [0.1, 0.15) is 0 Å². The molecule has 23 heavy (non-hydrogen) atoms. The van der Waals surface area contributed by atoms with E-state index in [1.165, 1.54) is 12.3 Å². The predicted molar refractivity (Wildman–Crippen MR) is 96.7 cm³/mol. The van der Waals surface area contributed by atoms with E-state index in [4.69, 9.17) is 23.2 Å². The van der Waals surface area contributed by atoms with Gasteiger partial charge in [0.25, 0.3) is 11.5 Å². The summed E-state index contributed by atoms with van der Waals surface area (Å²) in [7, 11) is 0. The Labute approximate surface area is 149 Å². The SMILES string of the molecule is O=C(Nc1cc2cc[nH]c(=O)c2cc1Cl)c1ccc(Br)cc1Cl. The van der Waals surface area contributed by atoms with Gasteiger partial charge in [0.05, 0.1) is 21.3 Å². The molecule has 0 bridgehead atoms. The molecule has 0 spiro atoms. The first kappa shape index (κ1) is 16.1. The van der Waals surface area contributed by atoms with Crippen LogP contribution in [0.1, 0.15) is 10.4 Å². The Morgan fingerprint density at radius 2 is 1.87 bits per heavy atom. The van der Waals surface area contributed by atoms with Gasteiger partial charge in [-0.25, -0.2) is 0 Å². The zero-order chi connectivity index (χ0) is 16.6. The highest BCUT2D eigenvalue weighted by molar-refractivity contribution is 9.10. The maximum absolute atomic E-state index is 12.4. The normalized spacial score (nSPS) is 10.7. The topological polar surface area (TPSA) is 62.0 Å². The molecule has 1 aromatic heterocycles. The summed E-state index contributed by atoms with van der Waals surface area (Å²) < 4.78 is 0.780. The minimum Gasteiger partial charge on any atom is -0.329 e. The van der Waals surface area contributed by atoms with Gasteiger partial charge in [0, 0.05) is 16.1 Å². The van der Waals surface area contributed by atoms with Crippen LogP contribution in [0, 0.1) is 0 Å². The van der Waals surface area contributed by atoms with Gasteiger partial charge in [-0.2, -0.15) is 0 Å². The maximum atomic E-state index is 12.4. The minimum absolute atomic E-state index is 0.238. The van der Waals surface area contributed by atoms with Crippen LogP contribution in [0.4, 0.5) is 5.69 Å². The third-order valence-corrected chi connectivity index (χ3v) is 4.40. The fourth-order valence-electron chi connectivity index (χ4n) is 2.17. The molecule has 0 radical (unpaired) electrons. The number of pyridine rings is 1. The number of aromatic amines is 1. The number of anilines is 1. The largest absolute Gasteiger partial charge is 0.329 e. The molecule has 0 aliphatic heterocycles. The van der Waals surface area contributed by atoms with E-state index in [9.17, 15) is 9.59 Å². The molecule has 4 nitrogen and oxygen atoms in total. The van der Waals surface area contributed by atoms with Gasteiger partial charge >= 0.3 is 0 Å². The van der Waals surface area contributed by atoms with Crippen LogP contribution in [0.15, 0.2) is 51.9 Å². The summed E-state index contributed by atoms with van der Waals surface area (Å²) in [5, 5.41) is 4.45. The number of H-pyrrole nitrogens is 1. The van der Waals surface area contributed by atoms with E-state index in [1.807, 2.05) is 0 Å². The number of rotatable bonds is 2. The van der Waals surface area contributed by atoms with Crippen molar-refractivity contribution in [3.8, 4) is 0 Å². The Morgan fingerprint density at radius 3 is 2.61 bits per heavy atom. The number of carbonyl (C=O) groups excluding carboxylic acids is 1. The molecule has 3 rings (SSSR count). The molecular weight excluding hydrogens is 403 g/mol. The number of halogens is 3. The fraction of sp³-hybridized carbons (Fsp3) is 0.